The second kappa shape index (κ2) is 8.69. The molecule has 0 fully saturated rings. The van der Waals surface area contributed by atoms with Gasteiger partial charge in [0.05, 0.1) is 12.1 Å². The second-order valence-corrected chi connectivity index (χ2v) is 8.96. The standard InChI is InChI=1S/C18H22N6O4S/c1-23(2)29(26,27)24-10-7-16-14(12-24)17(22-28-16)18(25)21-15(6-3-8-19)13-5-4-9-20-11-13/h4-5,9,11,15H,3,6-7,10,12H2,1-2H3,(H,21,25). The van der Waals surface area contributed by atoms with Crippen LogP contribution in [0.5, 0.6) is 0 Å². The van der Waals surface area contributed by atoms with Gasteiger partial charge in [-0.2, -0.15) is 22.3 Å². The van der Waals surface area contributed by atoms with Crippen LogP contribution in [0, 0.1) is 11.3 Å². The molecule has 11 heteroatoms. The fourth-order valence-corrected chi connectivity index (χ4v) is 4.21. The van der Waals surface area contributed by atoms with E-state index in [0.29, 0.717) is 24.2 Å². The van der Waals surface area contributed by atoms with Gasteiger partial charge in [0.2, 0.25) is 0 Å². The Morgan fingerprint density at radius 1 is 1.48 bits per heavy atom. The third kappa shape index (κ3) is 4.45. The van der Waals surface area contributed by atoms with Gasteiger partial charge in [0.1, 0.15) is 5.76 Å². The molecule has 0 radical (unpaired) electrons. The third-order valence-electron chi connectivity index (χ3n) is 4.73. The molecule has 1 aliphatic rings. The second-order valence-electron chi connectivity index (χ2n) is 6.82. The summed E-state index contributed by atoms with van der Waals surface area (Å²) < 4.78 is 32.6. The van der Waals surface area contributed by atoms with Crippen molar-refractivity contribution < 1.29 is 17.7 Å². The lowest BCUT2D eigenvalue weighted by molar-refractivity contribution is 0.0924. The molecule has 3 heterocycles. The summed E-state index contributed by atoms with van der Waals surface area (Å²) in [5.74, 6) is 0.0289. The first-order chi connectivity index (χ1) is 13.8. The predicted molar refractivity (Wildman–Crippen MR) is 103 cm³/mol. The van der Waals surface area contributed by atoms with Gasteiger partial charge in [-0.15, -0.1) is 0 Å². The van der Waals surface area contributed by atoms with Gasteiger partial charge in [0.15, 0.2) is 5.69 Å². The first-order valence-electron chi connectivity index (χ1n) is 9.07. The number of rotatable bonds is 7. The molecule has 154 valence electrons. The Labute approximate surface area is 169 Å². The van der Waals surface area contributed by atoms with Crippen LogP contribution in [0.15, 0.2) is 29.0 Å². The lowest BCUT2D eigenvalue weighted by Gasteiger charge is -2.28. The van der Waals surface area contributed by atoms with Gasteiger partial charge in [-0.3, -0.25) is 9.78 Å². The van der Waals surface area contributed by atoms with E-state index in [0.717, 1.165) is 9.87 Å². The molecule has 1 N–H and O–H groups in total. The maximum atomic E-state index is 12.9. The van der Waals surface area contributed by atoms with E-state index in [1.165, 1.54) is 18.4 Å². The predicted octanol–water partition coefficient (Wildman–Crippen LogP) is 1.01. The minimum Gasteiger partial charge on any atom is -0.360 e. The normalized spacial score (nSPS) is 15.5. The van der Waals surface area contributed by atoms with Crippen molar-refractivity contribution in [3.05, 3.63) is 47.1 Å². The Balaban J connectivity index is 1.82. The van der Waals surface area contributed by atoms with Crippen LogP contribution in [-0.4, -0.2) is 53.7 Å². The van der Waals surface area contributed by atoms with Crippen molar-refractivity contribution in [2.45, 2.75) is 31.8 Å². The molecular weight excluding hydrogens is 396 g/mol. The minimum absolute atomic E-state index is 0.0118. The van der Waals surface area contributed by atoms with Crippen molar-refractivity contribution in [1.82, 2.24) is 24.1 Å². The number of nitriles is 1. The highest BCUT2D eigenvalue weighted by Crippen LogP contribution is 2.26. The van der Waals surface area contributed by atoms with Crippen molar-refractivity contribution in [3.8, 4) is 6.07 Å². The fourth-order valence-electron chi connectivity index (χ4n) is 3.13. The number of aromatic nitrogens is 2. The van der Waals surface area contributed by atoms with Crippen molar-refractivity contribution in [2.24, 2.45) is 0 Å². The smallest absolute Gasteiger partial charge is 0.281 e. The van der Waals surface area contributed by atoms with Gasteiger partial charge < -0.3 is 9.84 Å². The maximum Gasteiger partial charge on any atom is 0.281 e. The molecule has 29 heavy (non-hydrogen) atoms. The highest BCUT2D eigenvalue weighted by molar-refractivity contribution is 7.86. The molecule has 0 saturated heterocycles. The lowest BCUT2D eigenvalue weighted by Crippen LogP contribution is -2.43. The molecule has 0 aromatic carbocycles. The maximum absolute atomic E-state index is 12.9. The summed E-state index contributed by atoms with van der Waals surface area (Å²) in [5, 5.41) is 15.7. The van der Waals surface area contributed by atoms with E-state index in [1.54, 1.807) is 18.5 Å². The van der Waals surface area contributed by atoms with Gasteiger partial charge in [-0.05, 0) is 18.1 Å². The summed E-state index contributed by atoms with van der Waals surface area (Å²) in [7, 11) is -0.704. The Hall–Kier alpha value is -2.81. The molecule has 2 aromatic rings. The van der Waals surface area contributed by atoms with E-state index >= 15 is 0 Å². The van der Waals surface area contributed by atoms with E-state index < -0.39 is 22.2 Å². The molecule has 0 saturated carbocycles. The van der Waals surface area contributed by atoms with E-state index in [1.807, 2.05) is 6.07 Å². The zero-order chi connectivity index (χ0) is 21.0. The number of amides is 1. The summed E-state index contributed by atoms with van der Waals surface area (Å²) in [5.41, 5.74) is 1.29. The molecule has 2 aromatic heterocycles. The van der Waals surface area contributed by atoms with Gasteiger partial charge in [-0.1, -0.05) is 11.2 Å². The van der Waals surface area contributed by atoms with Gasteiger partial charge in [0.25, 0.3) is 16.1 Å². The van der Waals surface area contributed by atoms with Gasteiger partial charge in [0, 0.05) is 58.0 Å². The monoisotopic (exact) mass is 418 g/mol. The number of carbonyl (C=O) groups excluding carboxylic acids is 1. The van der Waals surface area contributed by atoms with E-state index in [4.69, 9.17) is 9.78 Å². The number of carbonyl (C=O) groups is 1. The van der Waals surface area contributed by atoms with Crippen molar-refractivity contribution in [1.29, 1.82) is 5.26 Å². The van der Waals surface area contributed by atoms with Crippen LogP contribution >= 0.6 is 0 Å². The van der Waals surface area contributed by atoms with Gasteiger partial charge >= 0.3 is 0 Å². The quantitative estimate of drug-likeness (QED) is 0.709. The first kappa shape index (κ1) is 20.9. The number of hydrogen-bond donors (Lipinski definition) is 1. The number of hydrogen-bond acceptors (Lipinski definition) is 7. The molecule has 1 unspecified atom stereocenters. The SMILES string of the molecule is CN(C)S(=O)(=O)N1CCc2onc(C(=O)NC(CCC#N)c3cccnc3)c2C1. The van der Waals surface area contributed by atoms with Crippen LogP contribution in [0.4, 0.5) is 0 Å². The summed E-state index contributed by atoms with van der Waals surface area (Å²) >= 11 is 0. The number of pyridine rings is 1. The zero-order valence-corrected chi connectivity index (χ0v) is 17.0. The summed E-state index contributed by atoms with van der Waals surface area (Å²) in [6.45, 7) is 0.266. The van der Waals surface area contributed by atoms with Crippen LogP contribution in [0.3, 0.4) is 0 Å². The van der Waals surface area contributed by atoms with E-state index in [-0.39, 0.29) is 25.2 Å². The fraction of sp³-hybridized carbons (Fsp3) is 0.444. The highest BCUT2D eigenvalue weighted by atomic mass is 32.2. The Kier molecular flexibility index (Phi) is 6.26. The van der Waals surface area contributed by atoms with Crippen LogP contribution in [-0.2, 0) is 23.2 Å². The minimum atomic E-state index is -3.62. The molecule has 1 aliphatic heterocycles. The molecule has 1 amide bonds. The number of nitrogens with one attached hydrogen (secondary N) is 1. The lowest BCUT2D eigenvalue weighted by atomic mass is 10.0. The Morgan fingerprint density at radius 2 is 2.28 bits per heavy atom. The van der Waals surface area contributed by atoms with Crippen LogP contribution in [0.25, 0.3) is 0 Å². The largest absolute Gasteiger partial charge is 0.360 e. The molecular formula is C18H22N6O4S. The molecule has 3 rings (SSSR count). The van der Waals surface area contributed by atoms with Gasteiger partial charge in [-0.25, -0.2) is 0 Å². The average molecular weight is 418 g/mol. The molecule has 0 aliphatic carbocycles. The van der Waals surface area contributed by atoms with Crippen LogP contribution < -0.4 is 5.32 Å². The number of fused-ring (bicyclic) bond motifs is 1. The molecule has 10 nitrogen and oxygen atoms in total. The Bertz CT molecular complexity index is 1010. The molecule has 0 bridgehead atoms. The molecule has 0 spiro atoms. The first-order valence-corrected chi connectivity index (χ1v) is 10.5. The zero-order valence-electron chi connectivity index (χ0n) is 16.2. The average Bonchev–Trinajstić information content (AvgIpc) is 3.15. The number of nitrogens with zero attached hydrogens (tertiary/aromatic N) is 5. The Morgan fingerprint density at radius 3 is 2.93 bits per heavy atom. The van der Waals surface area contributed by atoms with Crippen molar-refractivity contribution >= 4 is 16.1 Å². The third-order valence-corrected chi connectivity index (χ3v) is 6.62. The van der Waals surface area contributed by atoms with Crippen LogP contribution in [0.2, 0.25) is 0 Å². The van der Waals surface area contributed by atoms with Crippen molar-refractivity contribution in [2.75, 3.05) is 20.6 Å². The van der Waals surface area contributed by atoms with E-state index in [9.17, 15) is 13.2 Å². The summed E-state index contributed by atoms with van der Waals surface area (Å²) in [4.78, 5) is 17.0. The van der Waals surface area contributed by atoms with E-state index in [2.05, 4.69) is 21.5 Å². The summed E-state index contributed by atoms with van der Waals surface area (Å²) in [6.07, 6.45) is 4.26. The van der Waals surface area contributed by atoms with Crippen molar-refractivity contribution in [3.63, 3.8) is 0 Å². The van der Waals surface area contributed by atoms with Crippen LogP contribution in [0.1, 0.15) is 46.3 Å². The summed E-state index contributed by atoms with van der Waals surface area (Å²) in [6, 6.07) is 5.22. The highest BCUT2D eigenvalue weighted by Gasteiger charge is 2.34. The topological polar surface area (TPSA) is 132 Å². The molecule has 1 atom stereocenters.